The number of rotatable bonds is 1. The van der Waals surface area contributed by atoms with Crippen molar-refractivity contribution in [2.24, 2.45) is 5.41 Å². The first kappa shape index (κ1) is 33.6. The van der Waals surface area contributed by atoms with Crippen molar-refractivity contribution in [2.75, 3.05) is 0 Å². The summed E-state index contributed by atoms with van der Waals surface area (Å²) in [6.07, 6.45) is 1.47. The van der Waals surface area contributed by atoms with E-state index in [2.05, 4.69) is 11.1 Å². The SMILES string of the molecule is Cc1cn([C@H]2C[C@H](O)[C@](C)(C#N)C2)c(=O)[nH]c1=O.O=P(O)(O)O.O=P(O)(O)O.O=P(O)(O)O. The molecule has 18 nitrogen and oxygen atoms in total. The van der Waals surface area contributed by atoms with Crippen LogP contribution in [0.2, 0.25) is 0 Å². The zero-order chi connectivity index (χ0) is 27.0. The summed E-state index contributed by atoms with van der Waals surface area (Å²) in [5.74, 6) is 0. The molecule has 0 spiro atoms. The molecule has 1 saturated carbocycles. The number of aryl methyl sites for hydroxylation is 1. The maximum absolute atomic E-state index is 11.7. The molecule has 0 bridgehead atoms. The topological polar surface area (TPSA) is 332 Å². The lowest BCUT2D eigenvalue weighted by molar-refractivity contribution is 0.103. The Balaban J connectivity index is 0. The van der Waals surface area contributed by atoms with Gasteiger partial charge in [0.15, 0.2) is 0 Å². The van der Waals surface area contributed by atoms with E-state index in [-0.39, 0.29) is 6.04 Å². The van der Waals surface area contributed by atoms with Crippen LogP contribution in [0.1, 0.15) is 31.4 Å². The van der Waals surface area contributed by atoms with Crippen LogP contribution < -0.4 is 11.2 Å². The summed E-state index contributed by atoms with van der Waals surface area (Å²) in [6, 6.07) is 1.84. The average Bonchev–Trinajstić information content (AvgIpc) is 2.82. The number of hydrogen-bond donors (Lipinski definition) is 11. The molecule has 1 fully saturated rings. The lowest BCUT2D eigenvalue weighted by Crippen LogP contribution is -2.32. The van der Waals surface area contributed by atoms with E-state index in [9.17, 15) is 14.7 Å². The molecule has 0 amide bonds. The summed E-state index contributed by atoms with van der Waals surface area (Å²) in [5, 5.41) is 19.0. The van der Waals surface area contributed by atoms with Crippen molar-refractivity contribution >= 4 is 23.5 Å². The van der Waals surface area contributed by atoms with Gasteiger partial charge in [-0.15, -0.1) is 0 Å². The average molecular weight is 543 g/mol. The van der Waals surface area contributed by atoms with Crippen molar-refractivity contribution in [2.45, 2.75) is 38.8 Å². The molecule has 0 radical (unpaired) electrons. The van der Waals surface area contributed by atoms with Gasteiger partial charge in [-0.2, -0.15) is 5.26 Å². The van der Waals surface area contributed by atoms with Crippen LogP contribution in [0, 0.1) is 23.7 Å². The number of aromatic amines is 1. The van der Waals surface area contributed by atoms with E-state index in [0.29, 0.717) is 18.4 Å². The van der Waals surface area contributed by atoms with Crippen LogP contribution in [0.5, 0.6) is 0 Å². The van der Waals surface area contributed by atoms with Gasteiger partial charge in [0, 0.05) is 17.8 Å². The Bertz CT molecular complexity index is 1000. The third-order valence-corrected chi connectivity index (χ3v) is 3.69. The number of nitrogens with one attached hydrogen (secondary N) is 1. The highest BCUT2D eigenvalue weighted by atomic mass is 31.2. The molecule has 1 aromatic rings. The van der Waals surface area contributed by atoms with Crippen LogP contribution in [0.15, 0.2) is 15.8 Å². The predicted octanol–water partition coefficient (Wildman–Crippen LogP) is -2.72. The highest BCUT2D eigenvalue weighted by Crippen LogP contribution is 2.43. The third-order valence-electron chi connectivity index (χ3n) is 3.69. The van der Waals surface area contributed by atoms with E-state index in [1.807, 2.05) is 0 Å². The Kier molecular flexibility index (Phi) is 13.0. The summed E-state index contributed by atoms with van der Waals surface area (Å²) in [5.41, 5.74) is -1.30. The largest absolute Gasteiger partial charge is 0.466 e. The van der Waals surface area contributed by atoms with Gasteiger partial charge in [-0.05, 0) is 26.7 Å². The smallest absolute Gasteiger partial charge is 0.391 e. The number of nitrogens with zero attached hydrogens (tertiary/aromatic N) is 2. The van der Waals surface area contributed by atoms with Crippen LogP contribution in [0.4, 0.5) is 0 Å². The molecule has 0 aliphatic heterocycles. The number of aromatic nitrogens is 2. The molecular formula is C12H24N3O15P3. The second-order valence-corrected chi connectivity index (χ2v) is 9.74. The molecule has 21 heteroatoms. The Morgan fingerprint density at radius 3 is 1.67 bits per heavy atom. The minimum Gasteiger partial charge on any atom is -0.391 e. The van der Waals surface area contributed by atoms with Crippen molar-refractivity contribution in [3.05, 3.63) is 32.6 Å². The molecular weight excluding hydrogens is 519 g/mol. The van der Waals surface area contributed by atoms with Gasteiger partial charge in [0.05, 0.1) is 17.6 Å². The van der Waals surface area contributed by atoms with Crippen molar-refractivity contribution in [3.8, 4) is 6.07 Å². The summed E-state index contributed by atoms with van der Waals surface area (Å²) < 4.78 is 28.1. The second-order valence-electron chi connectivity index (χ2n) is 6.66. The van der Waals surface area contributed by atoms with E-state index in [4.69, 9.17) is 63.0 Å². The van der Waals surface area contributed by atoms with E-state index in [0.717, 1.165) is 0 Å². The summed E-state index contributed by atoms with van der Waals surface area (Å²) in [6.45, 7) is 3.30. The number of H-pyrrole nitrogens is 1. The molecule has 2 rings (SSSR count). The molecule has 1 aliphatic carbocycles. The molecule has 0 aromatic carbocycles. The molecule has 3 atom stereocenters. The second kappa shape index (κ2) is 12.8. The molecule has 1 aliphatic rings. The van der Waals surface area contributed by atoms with Crippen LogP contribution in [0.3, 0.4) is 0 Å². The Labute approximate surface area is 184 Å². The minimum absolute atomic E-state index is 0.257. The number of aliphatic hydroxyl groups is 1. The van der Waals surface area contributed by atoms with Crippen LogP contribution in [0.25, 0.3) is 0 Å². The van der Waals surface area contributed by atoms with E-state index in [1.54, 1.807) is 13.8 Å². The van der Waals surface area contributed by atoms with Gasteiger partial charge in [-0.3, -0.25) is 14.3 Å². The van der Waals surface area contributed by atoms with Crippen molar-refractivity contribution < 1.29 is 62.8 Å². The highest BCUT2D eigenvalue weighted by molar-refractivity contribution is 7.45. The first-order chi connectivity index (χ1) is 14.4. The number of aliphatic hydroxyl groups excluding tert-OH is 1. The Morgan fingerprint density at radius 2 is 1.36 bits per heavy atom. The maximum Gasteiger partial charge on any atom is 0.466 e. The molecule has 0 unspecified atom stereocenters. The van der Waals surface area contributed by atoms with Gasteiger partial charge >= 0.3 is 29.2 Å². The van der Waals surface area contributed by atoms with Crippen molar-refractivity contribution in [1.29, 1.82) is 5.26 Å². The van der Waals surface area contributed by atoms with E-state index in [1.165, 1.54) is 10.8 Å². The van der Waals surface area contributed by atoms with Gasteiger partial charge in [0.1, 0.15) is 0 Å². The fraction of sp³-hybridized carbons (Fsp3) is 0.583. The summed E-state index contributed by atoms with van der Waals surface area (Å²) in [7, 11) is -13.9. The van der Waals surface area contributed by atoms with E-state index >= 15 is 0 Å². The first-order valence-corrected chi connectivity index (χ1v) is 12.8. The summed E-state index contributed by atoms with van der Waals surface area (Å²) in [4.78, 5) is 89.9. The van der Waals surface area contributed by atoms with Gasteiger partial charge in [0.25, 0.3) is 5.56 Å². The minimum atomic E-state index is -4.64. The van der Waals surface area contributed by atoms with Crippen molar-refractivity contribution in [1.82, 2.24) is 9.55 Å². The first-order valence-electron chi connectivity index (χ1n) is 8.13. The lowest BCUT2D eigenvalue weighted by Gasteiger charge is -2.18. The molecule has 1 heterocycles. The zero-order valence-electron chi connectivity index (χ0n) is 16.9. The normalized spacial score (nSPS) is 22.4. The third kappa shape index (κ3) is 18.6. The summed E-state index contributed by atoms with van der Waals surface area (Å²) >= 11 is 0. The van der Waals surface area contributed by atoms with Crippen molar-refractivity contribution in [3.63, 3.8) is 0 Å². The Hall–Kier alpha value is -1.54. The molecule has 192 valence electrons. The van der Waals surface area contributed by atoms with E-state index < -0.39 is 46.2 Å². The number of nitriles is 1. The van der Waals surface area contributed by atoms with Gasteiger partial charge in [-0.1, -0.05) is 0 Å². The standard InChI is InChI=1S/C12H15N3O3.3H3O4P/c1-7-5-15(11(18)14-10(7)17)8-3-9(16)12(2,4-8)6-13;3*1-5(2,3)4/h5,8-9,16H,3-4H2,1-2H3,(H,14,17,18);3*(H3,1,2,3,4)/t8-,9-,12-;;;/m0.../s1. The van der Waals surface area contributed by atoms with Gasteiger partial charge in [-0.25, -0.2) is 18.5 Å². The number of phosphoric acid groups is 3. The fourth-order valence-corrected chi connectivity index (χ4v) is 2.42. The monoisotopic (exact) mass is 543 g/mol. The molecule has 1 aromatic heterocycles. The molecule has 11 N–H and O–H groups in total. The quantitative estimate of drug-likeness (QED) is 0.160. The predicted molar refractivity (Wildman–Crippen MR) is 107 cm³/mol. The maximum atomic E-state index is 11.7. The van der Waals surface area contributed by atoms with Gasteiger partial charge < -0.3 is 49.1 Å². The molecule has 0 saturated heterocycles. The lowest BCUT2D eigenvalue weighted by atomic mass is 9.88. The fourth-order valence-electron chi connectivity index (χ4n) is 2.42. The molecule has 33 heavy (non-hydrogen) atoms. The van der Waals surface area contributed by atoms with Gasteiger partial charge in [0.2, 0.25) is 0 Å². The van der Waals surface area contributed by atoms with Crippen LogP contribution in [-0.2, 0) is 13.7 Å². The highest BCUT2D eigenvalue weighted by Gasteiger charge is 2.44. The number of hydrogen-bond acceptors (Lipinski definition) is 7. The zero-order valence-corrected chi connectivity index (χ0v) is 19.6. The van der Waals surface area contributed by atoms with Crippen LogP contribution >= 0.6 is 23.5 Å². The van der Waals surface area contributed by atoms with Crippen LogP contribution in [-0.4, -0.2) is 64.8 Å². The Morgan fingerprint density at radius 1 is 1.00 bits per heavy atom.